The predicted molar refractivity (Wildman–Crippen MR) is 52.7 cm³/mol. The number of rotatable bonds is 2. The van der Waals surface area contributed by atoms with Gasteiger partial charge in [0.1, 0.15) is 5.82 Å². The van der Waals surface area contributed by atoms with Gasteiger partial charge in [0.25, 0.3) is 10.0 Å². The average Bonchev–Trinajstić information content (AvgIpc) is 2.67. The first-order chi connectivity index (χ1) is 7.09. The van der Waals surface area contributed by atoms with Crippen LogP contribution in [0.15, 0.2) is 41.9 Å². The molecule has 0 aliphatic carbocycles. The molecular weight excluding hydrogens is 216 g/mol. The second-order valence-electron chi connectivity index (χ2n) is 2.81. The molecule has 0 atom stereocenters. The van der Waals surface area contributed by atoms with E-state index in [1.807, 2.05) is 0 Å². The minimum absolute atomic E-state index is 0.221. The molecule has 78 valence electrons. The third kappa shape index (κ3) is 1.88. The van der Waals surface area contributed by atoms with E-state index in [1.165, 1.54) is 17.0 Å². The highest BCUT2D eigenvalue weighted by molar-refractivity contribution is 7.89. The monoisotopic (exact) mass is 224 g/mol. The van der Waals surface area contributed by atoms with Crippen LogP contribution in [0, 0.1) is 0 Å². The van der Waals surface area contributed by atoms with Crippen molar-refractivity contribution >= 4 is 10.0 Å². The predicted octanol–water partition coefficient (Wildman–Crippen LogP) is -0.0853. The molecule has 0 aliphatic heterocycles. The summed E-state index contributed by atoms with van der Waals surface area (Å²) in [5, 5.41) is 4.78. The van der Waals surface area contributed by atoms with Gasteiger partial charge >= 0.3 is 0 Å². The summed E-state index contributed by atoms with van der Waals surface area (Å²) in [5.74, 6) is 0.457. The standard InChI is InChI=1S/C8H8N4O2S/c9-15(13,14)8-11-5-6-12(8)7-3-1-2-4-10-7/h1-6H,(H2,9,13,14). The van der Waals surface area contributed by atoms with Gasteiger partial charge in [0.05, 0.1) is 0 Å². The number of hydrogen-bond acceptors (Lipinski definition) is 4. The van der Waals surface area contributed by atoms with Gasteiger partial charge in [-0.1, -0.05) is 6.07 Å². The second kappa shape index (κ2) is 3.44. The number of aromatic nitrogens is 3. The summed E-state index contributed by atoms with van der Waals surface area (Å²) in [7, 11) is -3.83. The zero-order valence-electron chi connectivity index (χ0n) is 7.61. The topological polar surface area (TPSA) is 90.9 Å². The van der Waals surface area contributed by atoms with Crippen LogP contribution in [0.2, 0.25) is 0 Å². The van der Waals surface area contributed by atoms with Crippen molar-refractivity contribution in [2.75, 3.05) is 0 Å². The van der Waals surface area contributed by atoms with Gasteiger partial charge in [-0.25, -0.2) is 23.5 Å². The van der Waals surface area contributed by atoms with E-state index < -0.39 is 10.0 Å². The molecule has 0 saturated carbocycles. The molecule has 2 N–H and O–H groups in total. The van der Waals surface area contributed by atoms with Crippen LogP contribution in [0.4, 0.5) is 0 Å². The van der Waals surface area contributed by atoms with Crippen molar-refractivity contribution < 1.29 is 8.42 Å². The van der Waals surface area contributed by atoms with Gasteiger partial charge in [-0.2, -0.15) is 0 Å². The highest BCUT2D eigenvalue weighted by Crippen LogP contribution is 2.10. The van der Waals surface area contributed by atoms with E-state index in [4.69, 9.17) is 5.14 Å². The summed E-state index contributed by atoms with van der Waals surface area (Å²) in [6, 6.07) is 5.14. The molecule has 0 unspecified atom stereocenters. The van der Waals surface area contributed by atoms with Gasteiger partial charge in [-0.05, 0) is 12.1 Å². The van der Waals surface area contributed by atoms with Crippen LogP contribution in [-0.2, 0) is 10.0 Å². The van der Waals surface area contributed by atoms with Crippen LogP contribution in [0.25, 0.3) is 5.82 Å². The maximum absolute atomic E-state index is 11.2. The Morgan fingerprint density at radius 1 is 1.20 bits per heavy atom. The van der Waals surface area contributed by atoms with Crippen molar-refractivity contribution in [3.05, 3.63) is 36.8 Å². The van der Waals surface area contributed by atoms with E-state index in [0.29, 0.717) is 5.82 Å². The van der Waals surface area contributed by atoms with E-state index in [1.54, 1.807) is 24.4 Å². The maximum Gasteiger partial charge on any atom is 0.272 e. The fourth-order valence-corrected chi connectivity index (χ4v) is 1.81. The quantitative estimate of drug-likeness (QED) is 0.772. The fraction of sp³-hybridized carbons (Fsp3) is 0. The van der Waals surface area contributed by atoms with E-state index >= 15 is 0 Å². The van der Waals surface area contributed by atoms with Gasteiger partial charge < -0.3 is 0 Å². The Morgan fingerprint density at radius 2 is 2.00 bits per heavy atom. The van der Waals surface area contributed by atoms with Crippen molar-refractivity contribution in [1.82, 2.24) is 14.5 Å². The molecule has 2 heterocycles. The molecular formula is C8H8N4O2S. The van der Waals surface area contributed by atoms with Crippen molar-refractivity contribution in [1.29, 1.82) is 0 Å². The smallest absolute Gasteiger partial charge is 0.272 e. The fourth-order valence-electron chi connectivity index (χ4n) is 1.17. The first-order valence-corrected chi connectivity index (χ1v) is 5.61. The average molecular weight is 224 g/mol. The zero-order chi connectivity index (χ0) is 10.9. The number of imidazole rings is 1. The molecule has 6 nitrogen and oxygen atoms in total. The number of hydrogen-bond donors (Lipinski definition) is 1. The second-order valence-corrected chi connectivity index (χ2v) is 4.27. The largest absolute Gasteiger partial charge is 0.274 e. The highest BCUT2D eigenvalue weighted by atomic mass is 32.2. The lowest BCUT2D eigenvalue weighted by Crippen LogP contribution is -2.17. The lowest BCUT2D eigenvalue weighted by atomic mass is 10.5. The van der Waals surface area contributed by atoms with Crippen molar-refractivity contribution in [2.24, 2.45) is 5.14 Å². The normalized spacial score (nSPS) is 11.5. The van der Waals surface area contributed by atoms with Crippen LogP contribution in [0.3, 0.4) is 0 Å². The van der Waals surface area contributed by atoms with Crippen LogP contribution in [0.5, 0.6) is 0 Å². The number of nitrogens with zero attached hydrogens (tertiary/aromatic N) is 3. The van der Waals surface area contributed by atoms with Crippen molar-refractivity contribution in [3.63, 3.8) is 0 Å². The zero-order valence-corrected chi connectivity index (χ0v) is 8.42. The van der Waals surface area contributed by atoms with Gasteiger partial charge in [0.15, 0.2) is 0 Å². The molecule has 0 aliphatic rings. The van der Waals surface area contributed by atoms with Crippen LogP contribution in [-0.4, -0.2) is 23.0 Å². The number of nitrogens with two attached hydrogens (primary N) is 1. The first-order valence-electron chi connectivity index (χ1n) is 4.06. The molecule has 0 bridgehead atoms. The Morgan fingerprint density at radius 3 is 2.60 bits per heavy atom. The molecule has 7 heteroatoms. The molecule has 2 aromatic rings. The Kier molecular flexibility index (Phi) is 2.25. The van der Waals surface area contributed by atoms with Crippen LogP contribution < -0.4 is 5.14 Å². The highest BCUT2D eigenvalue weighted by Gasteiger charge is 2.16. The molecule has 0 saturated heterocycles. The molecule has 2 aromatic heterocycles. The van der Waals surface area contributed by atoms with E-state index in [9.17, 15) is 8.42 Å². The van der Waals surface area contributed by atoms with Gasteiger partial charge in [0.2, 0.25) is 5.16 Å². The summed E-state index contributed by atoms with van der Waals surface area (Å²) in [4.78, 5) is 7.67. The van der Waals surface area contributed by atoms with Crippen LogP contribution >= 0.6 is 0 Å². The van der Waals surface area contributed by atoms with Gasteiger partial charge in [0, 0.05) is 18.6 Å². The molecule has 2 rings (SSSR count). The van der Waals surface area contributed by atoms with Gasteiger partial charge in [-0.15, -0.1) is 0 Å². The van der Waals surface area contributed by atoms with E-state index in [2.05, 4.69) is 9.97 Å². The van der Waals surface area contributed by atoms with Gasteiger partial charge in [-0.3, -0.25) is 4.57 Å². The minimum Gasteiger partial charge on any atom is -0.274 e. The lowest BCUT2D eigenvalue weighted by molar-refractivity contribution is 0.585. The van der Waals surface area contributed by atoms with Crippen molar-refractivity contribution in [2.45, 2.75) is 5.16 Å². The molecule has 0 spiro atoms. The minimum atomic E-state index is -3.83. The Bertz CT molecular complexity index is 561. The van der Waals surface area contributed by atoms with E-state index in [-0.39, 0.29) is 5.16 Å². The van der Waals surface area contributed by atoms with Crippen molar-refractivity contribution in [3.8, 4) is 5.82 Å². The first kappa shape index (κ1) is 9.81. The third-order valence-electron chi connectivity index (χ3n) is 1.76. The third-order valence-corrected chi connectivity index (χ3v) is 2.57. The summed E-state index contributed by atoms with van der Waals surface area (Å²) in [5.41, 5.74) is 0. The summed E-state index contributed by atoms with van der Waals surface area (Å²) in [6.45, 7) is 0. The molecule has 15 heavy (non-hydrogen) atoms. The number of sulfonamides is 1. The Hall–Kier alpha value is -1.73. The molecule has 0 amide bonds. The summed E-state index contributed by atoms with van der Waals surface area (Å²) in [6.07, 6.45) is 4.40. The maximum atomic E-state index is 11.2. The Labute approximate surface area is 86.4 Å². The number of primary sulfonamides is 1. The molecule has 0 fully saturated rings. The SMILES string of the molecule is NS(=O)(=O)c1nccn1-c1ccccn1. The lowest BCUT2D eigenvalue weighted by Gasteiger charge is -2.03. The molecule has 0 aromatic carbocycles. The Balaban J connectivity index is 2.61. The molecule has 0 radical (unpaired) electrons. The summed E-state index contributed by atoms with van der Waals surface area (Å²) < 4.78 is 23.6. The summed E-state index contributed by atoms with van der Waals surface area (Å²) >= 11 is 0. The van der Waals surface area contributed by atoms with E-state index in [0.717, 1.165) is 0 Å². The van der Waals surface area contributed by atoms with Crippen LogP contribution in [0.1, 0.15) is 0 Å². The number of pyridine rings is 1.